The number of aliphatic hydroxyl groups excluding tert-OH is 11. The van der Waals surface area contributed by atoms with Gasteiger partial charge in [-0.3, -0.25) is 9.59 Å². The zero-order valence-corrected chi connectivity index (χ0v) is 61.6. The third kappa shape index (κ3) is 37.0. The van der Waals surface area contributed by atoms with Gasteiger partial charge in [0.1, 0.15) is 67.1 Å². The van der Waals surface area contributed by atoms with E-state index in [0.717, 1.165) is 51.9 Å². The molecule has 0 radical (unpaired) electrons. The molecule has 3 aliphatic heterocycles. The Morgan fingerprint density at radius 2 is 0.879 bits per heavy atom. The van der Waals surface area contributed by atoms with Crippen LogP contribution >= 0.6 is 0 Å². The van der Waals surface area contributed by atoms with Crippen molar-refractivity contribution in [1.29, 1.82) is 0 Å². The molecule has 0 aromatic rings. The molecule has 3 heterocycles. The van der Waals surface area contributed by atoms with E-state index in [-0.39, 0.29) is 18.9 Å². The van der Waals surface area contributed by atoms with Crippen LogP contribution in [0.2, 0.25) is 0 Å². The van der Waals surface area contributed by atoms with Gasteiger partial charge in [0.2, 0.25) is 11.8 Å². The summed E-state index contributed by atoms with van der Waals surface area (Å²) in [6.07, 6.45) is 28.6. The van der Waals surface area contributed by atoms with Crippen molar-refractivity contribution in [3.63, 3.8) is 0 Å². The van der Waals surface area contributed by atoms with Crippen LogP contribution in [0.5, 0.6) is 0 Å². The zero-order valence-electron chi connectivity index (χ0n) is 61.6. The SMILES string of the molecule is CCCCCCCCCCCCCCCCCCCCCCCCCCCCCCCCCCCC(=O)NC(COC1OC(CO)C(OC2OC(CO)C(O)C(OC3(C(=O)O)CC(O)C(NC(C)=O)C(C(O)C(O)CO)O3)C2O)C(O)C1O)C(O)CCCCCCCCCCCCCC. The molecule has 14 N–H and O–H groups in total. The summed E-state index contributed by atoms with van der Waals surface area (Å²) in [4.78, 5) is 38.6. The van der Waals surface area contributed by atoms with Crippen molar-refractivity contribution in [3.05, 3.63) is 0 Å². The number of nitrogens with one attached hydrogen (secondary N) is 2. The summed E-state index contributed by atoms with van der Waals surface area (Å²) in [5, 5.41) is 136. The van der Waals surface area contributed by atoms with E-state index in [1.165, 1.54) is 231 Å². The minimum Gasteiger partial charge on any atom is -0.477 e. The van der Waals surface area contributed by atoms with Crippen LogP contribution < -0.4 is 10.6 Å². The second-order valence-corrected chi connectivity index (χ2v) is 29.3. The number of aliphatic carboxylic acids is 1. The maximum absolute atomic E-state index is 13.5. The summed E-state index contributed by atoms with van der Waals surface area (Å²) >= 11 is 0. The zero-order chi connectivity index (χ0) is 72.5. The van der Waals surface area contributed by atoms with Crippen LogP contribution in [0.1, 0.15) is 329 Å². The summed E-state index contributed by atoms with van der Waals surface area (Å²) in [6.45, 7) is 2.23. The Bertz CT molecular complexity index is 1980. The molecule has 3 rings (SSSR count). The third-order valence-electron chi connectivity index (χ3n) is 20.6. The molecular formula is C76H144N2O21. The fraction of sp³-hybridized carbons (Fsp3) is 0.961. The maximum Gasteiger partial charge on any atom is 0.364 e. The molecule has 18 atom stereocenters. The molecule has 0 saturated carbocycles. The lowest BCUT2D eigenvalue weighted by Crippen LogP contribution is -2.70. The van der Waals surface area contributed by atoms with Gasteiger partial charge in [0.05, 0.1) is 50.7 Å². The molecule has 23 nitrogen and oxygen atoms in total. The summed E-state index contributed by atoms with van der Waals surface area (Å²) in [5.74, 6) is -6.09. The van der Waals surface area contributed by atoms with Crippen LogP contribution in [0, 0.1) is 0 Å². The van der Waals surface area contributed by atoms with Gasteiger partial charge in [-0.2, -0.15) is 0 Å². The Hall–Kier alpha value is -2.27. The Balaban J connectivity index is 1.43. The fourth-order valence-electron chi connectivity index (χ4n) is 14.2. The van der Waals surface area contributed by atoms with Crippen molar-refractivity contribution in [2.75, 3.05) is 26.4 Å². The number of unbranched alkanes of at least 4 members (excludes halogenated alkanes) is 43. The highest BCUT2D eigenvalue weighted by Crippen LogP contribution is 2.39. The number of carbonyl (C=O) groups is 3. The molecule has 2 amide bonds. The van der Waals surface area contributed by atoms with Crippen molar-refractivity contribution < 1.29 is 104 Å². The topological polar surface area (TPSA) is 373 Å². The largest absolute Gasteiger partial charge is 0.477 e. The highest BCUT2D eigenvalue weighted by atomic mass is 16.8. The van der Waals surface area contributed by atoms with E-state index in [2.05, 4.69) is 24.5 Å². The van der Waals surface area contributed by atoms with Gasteiger partial charge in [-0.1, -0.05) is 296 Å². The smallest absolute Gasteiger partial charge is 0.364 e. The number of aliphatic hydroxyl groups is 11. The van der Waals surface area contributed by atoms with E-state index in [0.29, 0.717) is 19.3 Å². The third-order valence-corrected chi connectivity index (χ3v) is 20.6. The quantitative estimate of drug-likeness (QED) is 0.0252. The standard InChI is InChI=1S/C76H144N2O21/c1-4-6-8-10-12-14-16-18-19-20-21-22-23-24-25-26-27-28-29-30-31-32-33-34-35-36-37-38-40-42-44-46-48-50-63(86)78-57(58(83)49-47-45-43-41-39-17-15-13-11-9-7-5-2)55-94-73-68(90)67(89)70(62(54-81)96-73)97-74-69(91)72(66(88)61(53-80)95-74)99-76(75(92)93)51-59(84)64(77-56(3)82)71(98-76)65(87)60(85)52-79/h57-62,64-74,79-81,83-85,87-91H,4-55H2,1-3H3,(H,77,82)(H,78,86)(H,92,93). The van der Waals surface area contributed by atoms with Crippen LogP contribution in [0.4, 0.5) is 0 Å². The minimum atomic E-state index is -3.08. The van der Waals surface area contributed by atoms with Crippen LogP contribution in [0.3, 0.4) is 0 Å². The number of carboxylic acid groups (broad SMARTS) is 1. The molecule has 23 heteroatoms. The number of carbonyl (C=O) groups excluding carboxylic acids is 2. The van der Waals surface area contributed by atoms with Gasteiger partial charge in [0, 0.05) is 19.8 Å². The predicted molar refractivity (Wildman–Crippen MR) is 380 cm³/mol. The van der Waals surface area contributed by atoms with Gasteiger partial charge in [-0.15, -0.1) is 0 Å². The van der Waals surface area contributed by atoms with Gasteiger partial charge in [-0.25, -0.2) is 4.79 Å². The molecule has 3 aliphatic rings. The summed E-state index contributed by atoms with van der Waals surface area (Å²) in [5.41, 5.74) is 0. The van der Waals surface area contributed by atoms with Crippen molar-refractivity contribution in [2.24, 2.45) is 0 Å². The fourth-order valence-corrected chi connectivity index (χ4v) is 14.2. The maximum atomic E-state index is 13.5. The lowest BCUT2D eigenvalue weighted by atomic mass is 9.88. The molecule has 3 saturated heterocycles. The lowest BCUT2D eigenvalue weighted by molar-refractivity contribution is -0.386. The second-order valence-electron chi connectivity index (χ2n) is 29.3. The Kier molecular flexibility index (Phi) is 51.5. The van der Waals surface area contributed by atoms with Crippen molar-refractivity contribution in [2.45, 2.75) is 439 Å². The van der Waals surface area contributed by atoms with Crippen molar-refractivity contribution in [3.8, 4) is 0 Å². The highest BCUT2D eigenvalue weighted by Gasteiger charge is 2.60. The van der Waals surface area contributed by atoms with E-state index in [1.54, 1.807) is 0 Å². The average molecular weight is 1420 g/mol. The predicted octanol–water partition coefficient (Wildman–Crippen LogP) is 10.0. The number of amides is 2. The van der Waals surface area contributed by atoms with E-state index in [9.17, 15) is 75.7 Å². The molecule has 99 heavy (non-hydrogen) atoms. The number of rotatable bonds is 63. The monoisotopic (exact) mass is 1420 g/mol. The highest BCUT2D eigenvalue weighted by molar-refractivity contribution is 5.77. The molecule has 0 spiro atoms. The molecule has 0 aromatic carbocycles. The number of carboxylic acids is 1. The molecule has 0 aliphatic carbocycles. The summed E-state index contributed by atoms with van der Waals surface area (Å²) in [6, 6.07) is -2.52. The van der Waals surface area contributed by atoms with Crippen LogP contribution in [0.25, 0.3) is 0 Å². The van der Waals surface area contributed by atoms with Crippen LogP contribution in [-0.4, -0.2) is 215 Å². The first kappa shape index (κ1) is 90.9. The average Bonchev–Trinajstić information content (AvgIpc) is 0.756. The molecule has 3 fully saturated rings. The summed E-state index contributed by atoms with van der Waals surface area (Å²) in [7, 11) is 0. The molecular weight excluding hydrogens is 1280 g/mol. The van der Waals surface area contributed by atoms with E-state index in [4.69, 9.17) is 28.4 Å². The molecule has 18 unspecified atom stereocenters. The van der Waals surface area contributed by atoms with Crippen molar-refractivity contribution >= 4 is 17.8 Å². The first-order valence-corrected chi connectivity index (χ1v) is 39.9. The van der Waals surface area contributed by atoms with E-state index < -0.39 is 148 Å². The number of ether oxygens (including phenoxy) is 6. The van der Waals surface area contributed by atoms with Gasteiger partial charge in [0.25, 0.3) is 5.79 Å². The Morgan fingerprint density at radius 1 is 0.485 bits per heavy atom. The second kappa shape index (κ2) is 56.1. The van der Waals surface area contributed by atoms with Crippen molar-refractivity contribution in [1.82, 2.24) is 10.6 Å². The first-order valence-electron chi connectivity index (χ1n) is 39.9. The van der Waals surface area contributed by atoms with Gasteiger partial charge in [0.15, 0.2) is 12.6 Å². The van der Waals surface area contributed by atoms with Gasteiger partial charge >= 0.3 is 5.97 Å². The van der Waals surface area contributed by atoms with Gasteiger partial charge < -0.3 is 100 Å². The minimum absolute atomic E-state index is 0.229. The van der Waals surface area contributed by atoms with Gasteiger partial charge in [-0.05, 0) is 12.8 Å². The number of hydrogen-bond acceptors (Lipinski definition) is 20. The van der Waals surface area contributed by atoms with Crippen LogP contribution in [0.15, 0.2) is 0 Å². The van der Waals surface area contributed by atoms with Crippen LogP contribution in [-0.2, 0) is 42.8 Å². The molecule has 0 bridgehead atoms. The first-order chi connectivity index (χ1) is 47.9. The summed E-state index contributed by atoms with van der Waals surface area (Å²) < 4.78 is 34.9. The normalized spacial score (nSPS) is 27.0. The molecule has 584 valence electrons. The lowest BCUT2D eigenvalue weighted by Gasteiger charge is -2.50. The van der Waals surface area contributed by atoms with E-state index >= 15 is 0 Å². The van der Waals surface area contributed by atoms with E-state index in [1.807, 2.05) is 0 Å². The Morgan fingerprint density at radius 3 is 1.26 bits per heavy atom. The Labute approximate surface area is 595 Å². The molecule has 0 aromatic heterocycles. The number of hydrogen-bond donors (Lipinski definition) is 14.